The molecular weight excluding hydrogens is 717 g/mol. The lowest BCUT2D eigenvalue weighted by Gasteiger charge is -2.41. The molecular formula is C42H68N6O6S. The monoisotopic (exact) mass is 784 g/mol. The van der Waals surface area contributed by atoms with Gasteiger partial charge in [0.05, 0.1) is 48.7 Å². The third kappa shape index (κ3) is 12.1. The maximum absolute atomic E-state index is 14.3. The molecule has 13 heteroatoms. The van der Waals surface area contributed by atoms with Gasteiger partial charge in [0, 0.05) is 39.4 Å². The van der Waals surface area contributed by atoms with Crippen LogP contribution >= 0.6 is 11.3 Å². The Morgan fingerprint density at radius 3 is 2.15 bits per heavy atom. The second-order valence-electron chi connectivity index (χ2n) is 16.1. The van der Waals surface area contributed by atoms with Gasteiger partial charge in [-0.15, -0.1) is 11.3 Å². The number of rotatable bonds is 21. The van der Waals surface area contributed by atoms with Gasteiger partial charge in [0.25, 0.3) is 0 Å². The number of ether oxygens (including phenoxy) is 2. The summed E-state index contributed by atoms with van der Waals surface area (Å²) in [5.41, 5.74) is 1.09. The average molecular weight is 785 g/mol. The van der Waals surface area contributed by atoms with Crippen molar-refractivity contribution in [2.24, 2.45) is 23.7 Å². The van der Waals surface area contributed by atoms with Crippen LogP contribution in [0.1, 0.15) is 90.8 Å². The summed E-state index contributed by atoms with van der Waals surface area (Å²) in [6.07, 6.45) is 3.49. The van der Waals surface area contributed by atoms with Crippen LogP contribution in [0.2, 0.25) is 0 Å². The molecule has 1 aliphatic rings. The van der Waals surface area contributed by atoms with E-state index in [0.717, 1.165) is 23.4 Å². The number of nitrogens with zero attached hydrogens (tertiary/aromatic N) is 4. The molecule has 1 aromatic heterocycles. The van der Waals surface area contributed by atoms with Gasteiger partial charge in [0.1, 0.15) is 11.0 Å². The van der Waals surface area contributed by atoms with Crippen molar-refractivity contribution < 1.29 is 28.7 Å². The van der Waals surface area contributed by atoms with Gasteiger partial charge >= 0.3 is 0 Å². The third-order valence-corrected chi connectivity index (χ3v) is 12.2. The zero-order chi connectivity index (χ0) is 41.0. The van der Waals surface area contributed by atoms with Crippen LogP contribution in [0.25, 0.3) is 0 Å². The van der Waals surface area contributed by atoms with E-state index < -0.39 is 30.2 Å². The highest BCUT2D eigenvalue weighted by molar-refractivity contribution is 7.09. The number of methoxy groups -OCH3 is 2. The number of aromatic nitrogens is 1. The fourth-order valence-electron chi connectivity index (χ4n) is 8.17. The van der Waals surface area contributed by atoms with E-state index in [1.54, 1.807) is 32.4 Å². The number of hydrogen-bond acceptors (Lipinski definition) is 9. The van der Waals surface area contributed by atoms with Gasteiger partial charge in [0.2, 0.25) is 23.6 Å². The summed E-state index contributed by atoms with van der Waals surface area (Å²) in [4.78, 5) is 65.8. The van der Waals surface area contributed by atoms with Crippen LogP contribution < -0.4 is 10.6 Å². The van der Waals surface area contributed by atoms with E-state index in [4.69, 9.17) is 9.47 Å². The number of nitrogens with one attached hydrogen (secondary N) is 2. The molecule has 0 saturated carbocycles. The van der Waals surface area contributed by atoms with Crippen LogP contribution in [0.4, 0.5) is 0 Å². The molecule has 2 aromatic rings. The summed E-state index contributed by atoms with van der Waals surface area (Å²) in [7, 11) is 8.66. The molecule has 2 unspecified atom stereocenters. The van der Waals surface area contributed by atoms with Gasteiger partial charge in [-0.25, -0.2) is 4.98 Å². The summed E-state index contributed by atoms with van der Waals surface area (Å²) >= 11 is 1.51. The first-order valence-electron chi connectivity index (χ1n) is 19.9. The molecule has 9 atom stereocenters. The van der Waals surface area contributed by atoms with Crippen molar-refractivity contribution in [3.8, 4) is 0 Å². The predicted octanol–water partition coefficient (Wildman–Crippen LogP) is 5.19. The zero-order valence-electron chi connectivity index (χ0n) is 35.3. The van der Waals surface area contributed by atoms with Crippen LogP contribution in [0, 0.1) is 23.7 Å². The number of amides is 4. The quantitative estimate of drug-likeness (QED) is 0.177. The fraction of sp³-hybridized carbons (Fsp3) is 0.690. The Hall–Kier alpha value is -3.39. The Labute approximate surface area is 334 Å². The highest BCUT2D eigenvalue weighted by Crippen LogP contribution is 2.30. The van der Waals surface area contributed by atoms with E-state index in [-0.39, 0.29) is 65.9 Å². The van der Waals surface area contributed by atoms with Crippen LogP contribution in [0.5, 0.6) is 0 Å². The average Bonchev–Trinajstić information content (AvgIpc) is 3.87. The Bertz CT molecular complexity index is 1480. The van der Waals surface area contributed by atoms with Crippen molar-refractivity contribution in [3.05, 3.63) is 52.5 Å². The molecule has 0 spiro atoms. The van der Waals surface area contributed by atoms with Gasteiger partial charge in [-0.05, 0) is 56.7 Å². The molecule has 2 N–H and O–H groups in total. The first-order valence-corrected chi connectivity index (χ1v) is 20.8. The van der Waals surface area contributed by atoms with Crippen molar-refractivity contribution >= 4 is 35.0 Å². The van der Waals surface area contributed by atoms with Gasteiger partial charge in [-0.1, -0.05) is 85.2 Å². The first-order chi connectivity index (χ1) is 26.1. The van der Waals surface area contributed by atoms with E-state index in [0.29, 0.717) is 19.4 Å². The van der Waals surface area contributed by atoms with Crippen molar-refractivity contribution in [2.75, 3.05) is 41.9 Å². The molecule has 0 bridgehead atoms. The number of carbonyl (C=O) groups is 4. The Morgan fingerprint density at radius 1 is 0.945 bits per heavy atom. The van der Waals surface area contributed by atoms with Gasteiger partial charge in [-0.2, -0.15) is 0 Å². The molecule has 55 heavy (non-hydrogen) atoms. The number of likely N-dealkylation sites (tertiary alicyclic amines) is 1. The second kappa shape index (κ2) is 21.8. The van der Waals surface area contributed by atoms with E-state index in [2.05, 4.69) is 29.5 Å². The summed E-state index contributed by atoms with van der Waals surface area (Å²) in [5, 5.41) is 9.02. The SMILES string of the molecule is CC[C@H](C)[C@@H](C(CC(=O)N1CCC[C@H]1[C@H](OC)[C@@H](C)C(=O)N[C@@H](Cc1ccccc1)c1nccs1)OC)N(C)C(=O)[C@@H](NC(=O)C(C(C)C)N(C)C)C(C)C. The van der Waals surface area contributed by atoms with E-state index in [1.807, 2.05) is 94.2 Å². The topological polar surface area (TPSA) is 133 Å². The van der Waals surface area contributed by atoms with Gasteiger partial charge in [-0.3, -0.25) is 24.1 Å². The number of hydrogen-bond donors (Lipinski definition) is 2. The van der Waals surface area contributed by atoms with Crippen molar-refractivity contribution in [1.82, 2.24) is 30.3 Å². The molecule has 2 heterocycles. The largest absolute Gasteiger partial charge is 0.379 e. The predicted molar refractivity (Wildman–Crippen MR) is 218 cm³/mol. The third-order valence-electron chi connectivity index (χ3n) is 11.3. The molecule has 0 aliphatic carbocycles. The zero-order valence-corrected chi connectivity index (χ0v) is 36.1. The van der Waals surface area contributed by atoms with E-state index in [1.165, 1.54) is 11.3 Å². The lowest BCUT2D eigenvalue weighted by Crippen LogP contribution is -2.59. The minimum atomic E-state index is -0.751. The molecule has 1 fully saturated rings. The van der Waals surface area contributed by atoms with Crippen LogP contribution in [0.3, 0.4) is 0 Å². The molecule has 0 radical (unpaired) electrons. The smallest absolute Gasteiger partial charge is 0.245 e. The summed E-state index contributed by atoms with van der Waals surface area (Å²) in [6.45, 7) is 14.3. The summed E-state index contributed by atoms with van der Waals surface area (Å²) in [6, 6.07) is 7.83. The van der Waals surface area contributed by atoms with Crippen LogP contribution in [0.15, 0.2) is 41.9 Å². The first kappa shape index (κ1) is 46.0. The molecule has 3 rings (SSSR count). The van der Waals surface area contributed by atoms with Crippen LogP contribution in [-0.4, -0.2) is 122 Å². The van der Waals surface area contributed by atoms with E-state index >= 15 is 0 Å². The van der Waals surface area contributed by atoms with Gasteiger partial charge < -0.3 is 29.9 Å². The maximum Gasteiger partial charge on any atom is 0.245 e. The lowest BCUT2D eigenvalue weighted by atomic mass is 9.89. The minimum Gasteiger partial charge on any atom is -0.379 e. The standard InChI is InChI=1S/C42H68N6O6S/c1-13-28(6)37(47(10)42(52)35(26(2)3)45-40(51)36(27(4)5)46(8)9)33(53-11)25-34(49)48-22-17-20-32(48)38(54-12)29(7)39(50)44-31(41-43-21-23-55-41)24-30-18-15-14-16-19-30/h14-16,18-19,21,23,26-29,31-33,35-38H,13,17,20,22,24-25H2,1-12H3,(H,44,50)(H,45,51)/t28-,29+,31-,32-,33?,35-,36?,37-,38+/m0/s1. The molecule has 1 aromatic carbocycles. The minimum absolute atomic E-state index is 0.00751. The van der Waals surface area contributed by atoms with Crippen LogP contribution in [-0.2, 0) is 35.1 Å². The molecule has 1 aliphatic heterocycles. The highest BCUT2D eigenvalue weighted by Gasteiger charge is 2.43. The number of carbonyl (C=O) groups excluding carboxylic acids is 4. The van der Waals surface area contributed by atoms with Crippen molar-refractivity contribution in [2.45, 2.75) is 123 Å². The normalized spacial score (nSPS) is 19.0. The second-order valence-corrected chi connectivity index (χ2v) is 17.0. The Balaban J connectivity index is 1.79. The Kier molecular flexibility index (Phi) is 18.2. The highest BCUT2D eigenvalue weighted by atomic mass is 32.1. The maximum atomic E-state index is 14.3. The summed E-state index contributed by atoms with van der Waals surface area (Å²) in [5.74, 6) is -1.35. The fourth-order valence-corrected chi connectivity index (χ4v) is 8.86. The lowest BCUT2D eigenvalue weighted by molar-refractivity contribution is -0.148. The Morgan fingerprint density at radius 2 is 1.62 bits per heavy atom. The number of likely N-dealkylation sites (N-methyl/N-ethyl adjacent to an activating group) is 2. The van der Waals surface area contributed by atoms with Crippen molar-refractivity contribution in [1.29, 1.82) is 0 Å². The number of benzene rings is 1. The summed E-state index contributed by atoms with van der Waals surface area (Å²) < 4.78 is 12.1. The molecule has 1 saturated heterocycles. The van der Waals surface area contributed by atoms with Crippen molar-refractivity contribution in [3.63, 3.8) is 0 Å². The molecule has 12 nitrogen and oxygen atoms in total. The van der Waals surface area contributed by atoms with E-state index in [9.17, 15) is 19.2 Å². The van der Waals surface area contributed by atoms with Gasteiger partial charge in [0.15, 0.2) is 0 Å². The molecule has 4 amide bonds. The number of thiazole rings is 1. The molecule has 308 valence electrons.